The van der Waals surface area contributed by atoms with Gasteiger partial charge in [0.15, 0.2) is 5.78 Å². The second-order valence-corrected chi connectivity index (χ2v) is 4.53. The zero-order valence-electron chi connectivity index (χ0n) is 10.1. The number of hydrogen-bond acceptors (Lipinski definition) is 3. The molecule has 0 heterocycles. The van der Waals surface area contributed by atoms with E-state index in [1.54, 1.807) is 37.3 Å². The predicted molar refractivity (Wildman–Crippen MR) is 70.4 cm³/mol. The van der Waals surface area contributed by atoms with Gasteiger partial charge in [0.2, 0.25) is 0 Å². The van der Waals surface area contributed by atoms with Gasteiger partial charge in [0.05, 0.1) is 5.97 Å². The summed E-state index contributed by atoms with van der Waals surface area (Å²) in [6.07, 6.45) is 0. The quantitative estimate of drug-likeness (QED) is 0.806. The van der Waals surface area contributed by atoms with Gasteiger partial charge in [-0.25, -0.2) is 0 Å². The molecule has 0 bridgehead atoms. The summed E-state index contributed by atoms with van der Waals surface area (Å²) in [6, 6.07) is 10.8. The maximum atomic E-state index is 12.3. The average Bonchev–Trinajstić information content (AvgIpc) is 2.41. The first-order valence-corrected chi connectivity index (χ1v) is 5.99. The van der Waals surface area contributed by atoms with Gasteiger partial charge < -0.3 is 9.90 Å². The molecular weight excluding hydrogens is 264 g/mol. The highest BCUT2D eigenvalue weighted by molar-refractivity contribution is 6.31. The first kappa shape index (κ1) is 13.3. The molecule has 0 saturated carbocycles. The zero-order valence-corrected chi connectivity index (χ0v) is 10.9. The topological polar surface area (TPSA) is 57.2 Å². The maximum Gasteiger partial charge on any atom is 0.193 e. The van der Waals surface area contributed by atoms with Crippen LogP contribution in [0.1, 0.15) is 31.8 Å². The van der Waals surface area contributed by atoms with Crippen LogP contribution < -0.4 is 5.11 Å². The summed E-state index contributed by atoms with van der Waals surface area (Å²) in [5, 5.41) is 11.6. The number of halogens is 1. The van der Waals surface area contributed by atoms with Crippen LogP contribution in [-0.2, 0) is 0 Å². The molecule has 0 aromatic heterocycles. The lowest BCUT2D eigenvalue weighted by molar-refractivity contribution is -0.255. The predicted octanol–water partition coefficient (Wildman–Crippen LogP) is 2.24. The molecule has 0 aliphatic carbocycles. The lowest BCUT2D eigenvalue weighted by Gasteiger charge is -2.10. The molecule has 2 aromatic carbocycles. The molecule has 2 aromatic rings. The third-order valence-corrected chi connectivity index (χ3v) is 3.24. The third kappa shape index (κ3) is 2.66. The summed E-state index contributed by atoms with van der Waals surface area (Å²) >= 11 is 5.90. The Bertz CT molecular complexity index is 662. The monoisotopic (exact) mass is 273 g/mol. The van der Waals surface area contributed by atoms with E-state index in [0.717, 1.165) is 5.56 Å². The number of ketones is 1. The molecule has 96 valence electrons. The van der Waals surface area contributed by atoms with Crippen LogP contribution in [0.5, 0.6) is 0 Å². The Morgan fingerprint density at radius 2 is 1.68 bits per heavy atom. The Morgan fingerprint density at radius 3 is 2.26 bits per heavy atom. The Kier molecular flexibility index (Phi) is 3.67. The van der Waals surface area contributed by atoms with Crippen molar-refractivity contribution >= 4 is 23.4 Å². The molecule has 0 aliphatic heterocycles. The van der Waals surface area contributed by atoms with Crippen LogP contribution in [0.4, 0.5) is 0 Å². The van der Waals surface area contributed by atoms with Crippen LogP contribution in [0.2, 0.25) is 5.02 Å². The van der Waals surface area contributed by atoms with E-state index in [-0.39, 0.29) is 16.9 Å². The highest BCUT2D eigenvalue weighted by Crippen LogP contribution is 2.20. The van der Waals surface area contributed by atoms with Crippen LogP contribution in [-0.4, -0.2) is 11.8 Å². The Balaban J connectivity index is 2.50. The molecule has 0 saturated heterocycles. The summed E-state index contributed by atoms with van der Waals surface area (Å²) in [5.41, 5.74) is 1.17. The van der Waals surface area contributed by atoms with Crippen LogP contribution in [0, 0.1) is 6.92 Å². The fraction of sp³-hybridized carbons (Fsp3) is 0.0667. The van der Waals surface area contributed by atoms with Crippen molar-refractivity contribution in [1.82, 2.24) is 0 Å². The number of hydrogen-bond donors (Lipinski definition) is 0. The van der Waals surface area contributed by atoms with Crippen LogP contribution >= 0.6 is 11.6 Å². The van der Waals surface area contributed by atoms with Crippen molar-refractivity contribution < 1.29 is 14.7 Å². The summed E-state index contributed by atoms with van der Waals surface area (Å²) in [7, 11) is 0. The first-order valence-electron chi connectivity index (χ1n) is 5.62. The summed E-state index contributed by atoms with van der Waals surface area (Å²) in [5.74, 6) is -1.73. The largest absolute Gasteiger partial charge is 0.545 e. The molecule has 0 fully saturated rings. The first-order chi connectivity index (χ1) is 9.00. The van der Waals surface area contributed by atoms with Gasteiger partial charge in [0.1, 0.15) is 0 Å². The van der Waals surface area contributed by atoms with Crippen molar-refractivity contribution in [2.75, 3.05) is 0 Å². The van der Waals surface area contributed by atoms with Crippen molar-refractivity contribution in [1.29, 1.82) is 0 Å². The third-order valence-electron chi connectivity index (χ3n) is 2.81. The van der Waals surface area contributed by atoms with Crippen LogP contribution in [0.25, 0.3) is 0 Å². The molecule has 0 aliphatic rings. The fourth-order valence-corrected chi connectivity index (χ4v) is 1.92. The highest BCUT2D eigenvalue weighted by atomic mass is 35.5. The average molecular weight is 274 g/mol. The summed E-state index contributed by atoms with van der Waals surface area (Å²) in [4.78, 5) is 23.3. The molecule has 4 heteroatoms. The molecule has 0 N–H and O–H groups in total. The zero-order chi connectivity index (χ0) is 14.0. The van der Waals surface area contributed by atoms with Crippen LogP contribution in [0.3, 0.4) is 0 Å². The smallest absolute Gasteiger partial charge is 0.193 e. The second-order valence-electron chi connectivity index (χ2n) is 4.13. The van der Waals surface area contributed by atoms with Crippen molar-refractivity contribution in [3.8, 4) is 0 Å². The van der Waals surface area contributed by atoms with Gasteiger partial charge in [0, 0.05) is 21.7 Å². The Hall–Kier alpha value is -2.13. The van der Waals surface area contributed by atoms with Gasteiger partial charge in [-0.15, -0.1) is 0 Å². The van der Waals surface area contributed by atoms with E-state index in [2.05, 4.69) is 0 Å². The highest BCUT2D eigenvalue weighted by Gasteiger charge is 2.14. The number of carbonyl (C=O) groups excluding carboxylic acids is 2. The minimum atomic E-state index is -1.37. The standard InChI is InChI=1S/C15H11ClO3/c1-9-8-10(6-7-13(9)16)14(17)11-4-2-3-5-12(11)15(18)19/h2-8H,1H3,(H,18,19)/p-1. The van der Waals surface area contributed by atoms with Crippen molar-refractivity contribution in [2.24, 2.45) is 0 Å². The summed E-state index contributed by atoms with van der Waals surface area (Å²) < 4.78 is 0. The molecule has 3 nitrogen and oxygen atoms in total. The number of rotatable bonds is 3. The van der Waals surface area contributed by atoms with Gasteiger partial charge in [-0.1, -0.05) is 35.9 Å². The Labute approximate surface area is 115 Å². The number of benzene rings is 2. The summed E-state index contributed by atoms with van der Waals surface area (Å²) in [6.45, 7) is 1.78. The van der Waals surface area contributed by atoms with Crippen molar-refractivity contribution in [2.45, 2.75) is 6.92 Å². The van der Waals surface area contributed by atoms with Crippen molar-refractivity contribution in [3.63, 3.8) is 0 Å². The van der Waals surface area contributed by atoms with Gasteiger partial charge in [-0.05, 0) is 30.7 Å². The van der Waals surface area contributed by atoms with Gasteiger partial charge in [-0.2, -0.15) is 0 Å². The lowest BCUT2D eigenvalue weighted by atomic mass is 9.97. The molecule has 0 radical (unpaired) electrons. The molecule has 0 unspecified atom stereocenters. The van der Waals surface area contributed by atoms with E-state index in [9.17, 15) is 14.7 Å². The minimum absolute atomic E-state index is 0.111. The lowest BCUT2D eigenvalue weighted by Crippen LogP contribution is -2.25. The SMILES string of the molecule is Cc1cc(C(=O)c2ccccc2C(=O)[O-])ccc1Cl. The Morgan fingerprint density at radius 1 is 1.05 bits per heavy atom. The molecule has 0 spiro atoms. The number of aromatic carboxylic acids is 1. The van der Waals surface area contributed by atoms with E-state index in [1.807, 2.05) is 0 Å². The molecule has 0 amide bonds. The number of aryl methyl sites for hydroxylation is 1. The number of carboxylic acid groups (broad SMARTS) is 1. The van der Waals surface area contributed by atoms with E-state index >= 15 is 0 Å². The van der Waals surface area contributed by atoms with Gasteiger partial charge >= 0.3 is 0 Å². The van der Waals surface area contributed by atoms with E-state index < -0.39 is 5.97 Å². The van der Waals surface area contributed by atoms with Gasteiger partial charge in [-0.3, -0.25) is 4.79 Å². The molecular formula is C15H10ClO3-. The molecule has 0 atom stereocenters. The fourth-order valence-electron chi connectivity index (χ4n) is 1.80. The van der Waals surface area contributed by atoms with E-state index in [4.69, 9.17) is 11.6 Å². The van der Waals surface area contributed by atoms with E-state index in [0.29, 0.717) is 10.6 Å². The van der Waals surface area contributed by atoms with E-state index in [1.165, 1.54) is 12.1 Å². The number of carboxylic acids is 1. The minimum Gasteiger partial charge on any atom is -0.545 e. The second kappa shape index (κ2) is 5.24. The molecule has 19 heavy (non-hydrogen) atoms. The number of carbonyl (C=O) groups is 2. The molecule has 2 rings (SSSR count). The van der Waals surface area contributed by atoms with Gasteiger partial charge in [0.25, 0.3) is 0 Å². The van der Waals surface area contributed by atoms with Crippen LogP contribution in [0.15, 0.2) is 42.5 Å². The maximum absolute atomic E-state index is 12.3. The van der Waals surface area contributed by atoms with Crippen molar-refractivity contribution in [3.05, 3.63) is 69.7 Å². The normalized spacial score (nSPS) is 10.2.